The van der Waals surface area contributed by atoms with Gasteiger partial charge in [-0.3, -0.25) is 9.97 Å². The molecular weight excluding hydrogens is 820 g/mol. The zero-order valence-electron chi connectivity index (χ0n) is 29.1. The first-order chi connectivity index (χ1) is 25.0. The van der Waals surface area contributed by atoms with E-state index in [0.717, 1.165) is 43.9 Å². The number of pyridine rings is 2. The maximum absolute atomic E-state index is 6.59. The van der Waals surface area contributed by atoms with E-state index >= 15 is 0 Å². The predicted molar refractivity (Wildman–Crippen MR) is 208 cm³/mol. The van der Waals surface area contributed by atoms with E-state index in [4.69, 9.17) is 14.7 Å². The number of aromatic nitrogens is 4. The first kappa shape index (κ1) is 32.2. The number of imidazole rings is 2. The summed E-state index contributed by atoms with van der Waals surface area (Å²) in [5.74, 6) is 1.20. The minimum absolute atomic E-state index is 0. The summed E-state index contributed by atoms with van der Waals surface area (Å²) in [6.45, 7) is 8.73. The second-order valence-corrected chi connectivity index (χ2v) is 13.5. The second kappa shape index (κ2) is 12.2. The Morgan fingerprint density at radius 1 is 0.500 bits per heavy atom. The zero-order valence-corrected chi connectivity index (χ0v) is 31.3. The molecule has 0 spiro atoms. The van der Waals surface area contributed by atoms with Crippen molar-refractivity contribution in [2.45, 2.75) is 27.7 Å². The number of benzene rings is 6. The van der Waals surface area contributed by atoms with Crippen molar-refractivity contribution in [3.8, 4) is 33.8 Å². The molecule has 0 aliphatic heterocycles. The van der Waals surface area contributed by atoms with Crippen molar-refractivity contribution in [3.05, 3.63) is 156 Å². The summed E-state index contributed by atoms with van der Waals surface area (Å²) in [7, 11) is 0. The Morgan fingerprint density at radius 2 is 0.904 bits per heavy atom. The molecule has 0 bridgehead atoms. The van der Waals surface area contributed by atoms with Gasteiger partial charge in [0.25, 0.3) is 0 Å². The largest absolute Gasteiger partial charge is 2.00 e. The number of hydrogen-bond acceptors (Lipinski definition) is 3. The topological polar surface area (TPSA) is 43.8 Å². The quantitative estimate of drug-likeness (QED) is 0.131. The standard InChI is InChI=1S/C46H32N4O.Pt/c1-27-9-5-10-28(2)41(27)35-13-7-15-39-43(35)33-19-17-31(25-37(33)45-47-21-23-49(39)45)51-32-18-20-34-38(26-32)46-48-22-24-50(46)40-16-8-14-36(44(34)40)42-29(3)11-6-12-30(42)4;/h5-24H,1-4H3;/q-2;+2. The molecule has 52 heavy (non-hydrogen) atoms. The maximum atomic E-state index is 6.59. The smallest absolute Gasteiger partial charge is 0.497 e. The van der Waals surface area contributed by atoms with Crippen molar-refractivity contribution in [2.24, 2.45) is 0 Å². The number of ether oxygens (including phenoxy) is 1. The van der Waals surface area contributed by atoms with Crippen LogP contribution in [0.3, 0.4) is 0 Å². The molecule has 0 saturated carbocycles. The molecule has 0 amide bonds. The van der Waals surface area contributed by atoms with E-state index in [0.29, 0.717) is 11.5 Å². The number of nitrogens with zero attached hydrogens (tertiary/aromatic N) is 4. The molecule has 0 atom stereocenters. The Balaban J connectivity index is 0.00000360. The summed E-state index contributed by atoms with van der Waals surface area (Å²) in [5.41, 5.74) is 13.8. The second-order valence-electron chi connectivity index (χ2n) is 13.5. The third kappa shape index (κ3) is 4.73. The summed E-state index contributed by atoms with van der Waals surface area (Å²) in [6.07, 6.45) is 7.75. The van der Waals surface area contributed by atoms with Crippen molar-refractivity contribution < 1.29 is 25.8 Å². The average molecular weight is 852 g/mol. The van der Waals surface area contributed by atoms with Crippen LogP contribution >= 0.6 is 0 Å². The monoisotopic (exact) mass is 851 g/mol. The number of rotatable bonds is 4. The van der Waals surface area contributed by atoms with Crippen LogP contribution in [0.5, 0.6) is 11.5 Å². The molecule has 10 aromatic rings. The normalized spacial score (nSPS) is 11.7. The van der Waals surface area contributed by atoms with Gasteiger partial charge in [-0.05, 0) is 95.1 Å². The Kier molecular flexibility index (Phi) is 7.53. The van der Waals surface area contributed by atoms with Crippen molar-refractivity contribution in [1.29, 1.82) is 0 Å². The van der Waals surface area contributed by atoms with Gasteiger partial charge in [0.05, 0.1) is 11.3 Å². The molecule has 0 radical (unpaired) electrons. The van der Waals surface area contributed by atoms with Crippen molar-refractivity contribution in [2.75, 3.05) is 0 Å². The van der Waals surface area contributed by atoms with Crippen LogP contribution in [0, 0.1) is 39.8 Å². The molecular formula is C46H32N4OPt. The summed E-state index contributed by atoms with van der Waals surface area (Å²) >= 11 is 0. The van der Waals surface area contributed by atoms with E-state index < -0.39 is 0 Å². The Morgan fingerprint density at radius 3 is 1.33 bits per heavy atom. The molecule has 10 rings (SSSR count). The predicted octanol–water partition coefficient (Wildman–Crippen LogP) is 11.6. The minimum atomic E-state index is 0. The van der Waals surface area contributed by atoms with Crippen molar-refractivity contribution >= 4 is 54.6 Å². The molecule has 6 aromatic carbocycles. The van der Waals surface area contributed by atoms with Crippen LogP contribution < -0.4 is 4.74 Å². The fourth-order valence-electron chi connectivity index (χ4n) is 8.26. The van der Waals surface area contributed by atoms with Crippen LogP contribution in [0.25, 0.3) is 76.9 Å². The fourth-order valence-corrected chi connectivity index (χ4v) is 8.26. The van der Waals surface area contributed by atoms with Crippen LogP contribution in [0.15, 0.2) is 122 Å². The van der Waals surface area contributed by atoms with E-state index in [1.807, 2.05) is 36.9 Å². The molecule has 0 saturated heterocycles. The summed E-state index contributed by atoms with van der Waals surface area (Å²) in [4.78, 5) is 9.57. The van der Waals surface area contributed by atoms with Gasteiger partial charge in [-0.2, -0.15) is 0 Å². The van der Waals surface area contributed by atoms with Crippen LogP contribution in [0.4, 0.5) is 0 Å². The summed E-state index contributed by atoms with van der Waals surface area (Å²) in [5, 5.41) is 6.32. The molecule has 252 valence electrons. The van der Waals surface area contributed by atoms with Gasteiger partial charge in [0.2, 0.25) is 0 Å². The number of aryl methyl sites for hydroxylation is 4. The van der Waals surface area contributed by atoms with Gasteiger partial charge in [-0.25, -0.2) is 0 Å². The fraction of sp³-hybridized carbons (Fsp3) is 0.0870. The maximum Gasteiger partial charge on any atom is 2.00 e. The van der Waals surface area contributed by atoms with Gasteiger partial charge >= 0.3 is 21.1 Å². The number of hydrogen-bond donors (Lipinski definition) is 0. The van der Waals surface area contributed by atoms with Crippen LogP contribution in [0.1, 0.15) is 22.3 Å². The first-order valence-electron chi connectivity index (χ1n) is 17.2. The van der Waals surface area contributed by atoms with Gasteiger partial charge < -0.3 is 13.5 Å². The Hall–Kier alpha value is -5.77. The molecule has 0 N–H and O–H groups in total. The molecule has 4 aromatic heterocycles. The third-order valence-corrected chi connectivity index (χ3v) is 10.4. The summed E-state index contributed by atoms with van der Waals surface area (Å²) < 4.78 is 10.9. The Labute approximate surface area is 315 Å². The molecule has 0 aliphatic carbocycles. The van der Waals surface area contributed by atoms with Crippen LogP contribution in [0.2, 0.25) is 0 Å². The van der Waals surface area contributed by atoms with Gasteiger partial charge in [-0.1, -0.05) is 106 Å². The summed E-state index contributed by atoms with van der Waals surface area (Å²) in [6, 6.07) is 41.5. The van der Waals surface area contributed by atoms with E-state index in [9.17, 15) is 0 Å². The Bertz CT molecular complexity index is 2820. The number of fused-ring (bicyclic) bond motifs is 12. The van der Waals surface area contributed by atoms with E-state index in [-0.39, 0.29) is 21.1 Å². The molecule has 0 aliphatic rings. The van der Waals surface area contributed by atoms with Crippen LogP contribution in [-0.2, 0) is 21.1 Å². The van der Waals surface area contributed by atoms with Gasteiger partial charge in [-0.15, -0.1) is 12.1 Å². The van der Waals surface area contributed by atoms with E-state index in [2.05, 4.69) is 134 Å². The van der Waals surface area contributed by atoms with E-state index in [1.54, 1.807) is 0 Å². The van der Waals surface area contributed by atoms with Gasteiger partial charge in [0.1, 0.15) is 0 Å². The van der Waals surface area contributed by atoms with E-state index in [1.165, 1.54) is 55.3 Å². The molecule has 5 nitrogen and oxygen atoms in total. The SMILES string of the molecule is Cc1cccc(C)c1-c1cccc2c1c1ccc(Oc3[c-]c4c(cc3)c3c(-c5c(C)cccc5C)cccc3n3ccnc43)[c-]c1c1nccn21.[Pt+2]. The molecule has 6 heteroatoms. The van der Waals surface area contributed by atoms with Crippen molar-refractivity contribution in [1.82, 2.24) is 18.8 Å². The van der Waals surface area contributed by atoms with Crippen LogP contribution in [-0.4, -0.2) is 18.8 Å². The van der Waals surface area contributed by atoms with Crippen molar-refractivity contribution in [3.63, 3.8) is 0 Å². The zero-order chi connectivity index (χ0) is 34.4. The molecule has 0 unspecified atom stereocenters. The van der Waals surface area contributed by atoms with Gasteiger partial charge in [0, 0.05) is 47.3 Å². The first-order valence-corrected chi connectivity index (χ1v) is 17.2. The van der Waals surface area contributed by atoms with Gasteiger partial charge in [0.15, 0.2) is 0 Å². The molecule has 0 fully saturated rings. The third-order valence-electron chi connectivity index (χ3n) is 10.4. The average Bonchev–Trinajstić information content (AvgIpc) is 3.83. The molecule has 4 heterocycles. The minimum Gasteiger partial charge on any atom is -0.497 e.